The Kier molecular flexibility index (Phi) is 8.37. The average Bonchev–Trinajstić information content (AvgIpc) is 3.33. The molecule has 0 saturated carbocycles. The number of carbonyl (C=O) groups excluding carboxylic acids is 2. The maximum atomic E-state index is 13.4. The second-order valence-electron chi connectivity index (χ2n) is 9.91. The summed E-state index contributed by atoms with van der Waals surface area (Å²) >= 11 is 0. The number of fused-ring (bicyclic) bond motifs is 4. The second kappa shape index (κ2) is 12.3. The molecule has 11 heteroatoms. The number of hydrogen-bond donors (Lipinski definition) is 3. The van der Waals surface area contributed by atoms with Gasteiger partial charge in [0.25, 0.3) is 0 Å². The van der Waals surface area contributed by atoms with Gasteiger partial charge >= 0.3 is 0 Å². The Morgan fingerprint density at radius 2 is 1.74 bits per heavy atom. The lowest BCUT2D eigenvalue weighted by atomic mass is 9.95. The normalized spacial score (nSPS) is 14.5. The molecule has 1 unspecified atom stereocenters. The first-order valence-corrected chi connectivity index (χ1v) is 13.5. The van der Waals surface area contributed by atoms with E-state index in [4.69, 9.17) is 23.7 Å². The third-order valence-corrected chi connectivity index (χ3v) is 7.28. The van der Waals surface area contributed by atoms with Crippen LogP contribution in [-0.2, 0) is 22.6 Å². The van der Waals surface area contributed by atoms with Gasteiger partial charge in [-0.1, -0.05) is 12.1 Å². The molecule has 0 radical (unpaired) electrons. The van der Waals surface area contributed by atoms with Crippen LogP contribution in [0.3, 0.4) is 0 Å². The summed E-state index contributed by atoms with van der Waals surface area (Å²) in [6.07, 6.45) is 1.14. The van der Waals surface area contributed by atoms with Crippen molar-refractivity contribution in [1.29, 1.82) is 0 Å². The molecule has 0 spiro atoms. The van der Waals surface area contributed by atoms with Crippen LogP contribution in [0.25, 0.3) is 11.1 Å². The minimum atomic E-state index is -0.426. The van der Waals surface area contributed by atoms with Crippen LogP contribution in [0.15, 0.2) is 47.3 Å². The number of benzene rings is 2. The summed E-state index contributed by atoms with van der Waals surface area (Å²) < 4.78 is 27.7. The van der Waals surface area contributed by atoms with Crippen molar-refractivity contribution in [3.05, 3.63) is 69.4 Å². The van der Waals surface area contributed by atoms with Crippen LogP contribution in [-0.4, -0.2) is 46.5 Å². The fourth-order valence-corrected chi connectivity index (χ4v) is 5.34. The Hall–Kier alpha value is -4.93. The van der Waals surface area contributed by atoms with E-state index in [0.29, 0.717) is 59.3 Å². The molecule has 2 amide bonds. The van der Waals surface area contributed by atoms with Gasteiger partial charge in [0.15, 0.2) is 23.0 Å². The first-order chi connectivity index (χ1) is 20.3. The fraction of sp³-hybridized carbons (Fsp3) is 0.323. The number of ether oxygens (including phenoxy) is 5. The predicted octanol–water partition coefficient (Wildman–Crippen LogP) is 3.32. The standard InChI is InChI=1S/C31H33N3O8/c1-17(35)34-22-8-6-19-12-27(38-2)30(39-3)31(40-4)29(19)20-7-9-23(24(36)13-21(20)22)32-15-28(37)33-14-18-5-10-25-26(11-18)42-16-41-25/h5,7,9-13,22H,6,8,14-16H2,1-4H3,(H,32,36)(H,33,37)(H,34,35). The van der Waals surface area contributed by atoms with E-state index in [9.17, 15) is 14.4 Å². The lowest BCUT2D eigenvalue weighted by Crippen LogP contribution is -2.30. The third-order valence-electron chi connectivity index (χ3n) is 7.28. The Bertz CT molecular complexity index is 1590. The number of anilines is 1. The quantitative estimate of drug-likeness (QED) is 0.351. The Morgan fingerprint density at radius 3 is 2.48 bits per heavy atom. The topological polar surface area (TPSA) is 133 Å². The highest BCUT2D eigenvalue weighted by Gasteiger charge is 2.29. The molecule has 3 aromatic carbocycles. The molecule has 1 aliphatic heterocycles. The van der Waals surface area contributed by atoms with Crippen LogP contribution in [0.5, 0.6) is 28.7 Å². The highest BCUT2D eigenvalue weighted by molar-refractivity contribution is 5.84. The van der Waals surface area contributed by atoms with Crippen LogP contribution < -0.4 is 45.1 Å². The van der Waals surface area contributed by atoms with Gasteiger partial charge in [-0.2, -0.15) is 0 Å². The largest absolute Gasteiger partial charge is 0.493 e. The van der Waals surface area contributed by atoms with E-state index in [1.807, 2.05) is 18.2 Å². The van der Waals surface area contributed by atoms with Gasteiger partial charge in [-0.15, -0.1) is 0 Å². The van der Waals surface area contributed by atoms with Gasteiger partial charge in [-0.05, 0) is 65.4 Å². The molecule has 5 rings (SSSR count). The molecule has 0 saturated heterocycles. The van der Waals surface area contributed by atoms with Gasteiger partial charge in [0.2, 0.25) is 29.8 Å². The van der Waals surface area contributed by atoms with Gasteiger partial charge in [0, 0.05) is 19.0 Å². The fourth-order valence-electron chi connectivity index (χ4n) is 5.34. The van der Waals surface area contributed by atoms with Crippen molar-refractivity contribution < 1.29 is 33.3 Å². The number of carbonyl (C=O) groups is 2. The van der Waals surface area contributed by atoms with E-state index in [-0.39, 0.29) is 36.3 Å². The highest BCUT2D eigenvalue weighted by atomic mass is 16.7. The molecular weight excluding hydrogens is 542 g/mol. The van der Waals surface area contributed by atoms with E-state index in [2.05, 4.69) is 16.0 Å². The predicted molar refractivity (Wildman–Crippen MR) is 156 cm³/mol. The number of nitrogens with one attached hydrogen (secondary N) is 3. The van der Waals surface area contributed by atoms with Gasteiger partial charge in [0.1, 0.15) is 0 Å². The van der Waals surface area contributed by atoms with Crippen LogP contribution in [0.4, 0.5) is 5.69 Å². The second-order valence-corrected chi connectivity index (χ2v) is 9.91. The molecule has 1 aliphatic carbocycles. The summed E-state index contributed by atoms with van der Waals surface area (Å²) in [5.41, 5.74) is 3.80. The van der Waals surface area contributed by atoms with Crippen molar-refractivity contribution in [2.24, 2.45) is 0 Å². The SMILES string of the molecule is COc1cc2c(c(OC)c1OC)-c1ccc(NCC(=O)NCc3ccc4c(c3)OCO4)c(=O)cc1C(NC(C)=O)CC2. The molecule has 0 bridgehead atoms. The van der Waals surface area contributed by atoms with Crippen LogP contribution in [0.1, 0.15) is 36.1 Å². The molecule has 0 aromatic heterocycles. The van der Waals surface area contributed by atoms with E-state index in [0.717, 1.165) is 16.7 Å². The number of amides is 2. The minimum absolute atomic E-state index is 0.117. The van der Waals surface area contributed by atoms with Gasteiger partial charge in [-0.3, -0.25) is 14.4 Å². The summed E-state index contributed by atoms with van der Waals surface area (Å²) in [7, 11) is 4.64. The van der Waals surface area contributed by atoms with E-state index in [1.54, 1.807) is 32.4 Å². The lowest BCUT2D eigenvalue weighted by Gasteiger charge is -2.19. The summed E-state index contributed by atoms with van der Waals surface area (Å²) in [6.45, 7) is 1.80. The van der Waals surface area contributed by atoms with Crippen molar-refractivity contribution in [2.75, 3.05) is 40.0 Å². The maximum Gasteiger partial charge on any atom is 0.239 e. The monoisotopic (exact) mass is 575 g/mol. The zero-order valence-electron chi connectivity index (χ0n) is 23.9. The van der Waals surface area contributed by atoms with Gasteiger partial charge in [0.05, 0.1) is 39.6 Å². The molecular formula is C31H33N3O8. The number of hydrogen-bond acceptors (Lipinski definition) is 9. The summed E-state index contributed by atoms with van der Waals surface area (Å²) in [4.78, 5) is 38.2. The van der Waals surface area contributed by atoms with Crippen LogP contribution >= 0.6 is 0 Å². The van der Waals surface area contributed by atoms with Crippen molar-refractivity contribution in [1.82, 2.24) is 10.6 Å². The van der Waals surface area contributed by atoms with E-state index in [1.165, 1.54) is 20.1 Å². The van der Waals surface area contributed by atoms with Crippen molar-refractivity contribution in [3.8, 4) is 39.9 Å². The molecule has 1 heterocycles. The van der Waals surface area contributed by atoms with Gasteiger partial charge in [-0.25, -0.2) is 0 Å². The molecule has 220 valence electrons. The summed E-state index contributed by atoms with van der Waals surface area (Å²) in [6, 6.07) is 11.9. The van der Waals surface area contributed by atoms with Crippen molar-refractivity contribution >= 4 is 17.5 Å². The number of aryl methyl sites for hydroxylation is 1. The molecule has 11 nitrogen and oxygen atoms in total. The first kappa shape index (κ1) is 28.6. The summed E-state index contributed by atoms with van der Waals surface area (Å²) in [5, 5.41) is 8.79. The van der Waals surface area contributed by atoms with Crippen LogP contribution in [0, 0.1) is 0 Å². The maximum absolute atomic E-state index is 13.4. The number of rotatable bonds is 9. The molecule has 3 N–H and O–H groups in total. The summed E-state index contributed by atoms with van der Waals surface area (Å²) in [5.74, 6) is 2.21. The molecule has 42 heavy (non-hydrogen) atoms. The Balaban J connectivity index is 1.44. The van der Waals surface area contributed by atoms with Crippen molar-refractivity contribution in [2.45, 2.75) is 32.4 Å². The Morgan fingerprint density at radius 1 is 0.952 bits per heavy atom. The first-order valence-electron chi connectivity index (χ1n) is 13.5. The number of methoxy groups -OCH3 is 3. The highest BCUT2D eigenvalue weighted by Crippen LogP contribution is 2.50. The molecule has 3 aromatic rings. The Labute approximate surface area is 243 Å². The smallest absolute Gasteiger partial charge is 0.239 e. The zero-order chi connectivity index (χ0) is 29.8. The van der Waals surface area contributed by atoms with Crippen LogP contribution in [0.2, 0.25) is 0 Å². The van der Waals surface area contributed by atoms with E-state index >= 15 is 0 Å². The molecule has 1 atom stereocenters. The minimum Gasteiger partial charge on any atom is -0.493 e. The lowest BCUT2D eigenvalue weighted by molar-refractivity contribution is -0.120. The zero-order valence-corrected chi connectivity index (χ0v) is 23.9. The van der Waals surface area contributed by atoms with E-state index < -0.39 is 6.04 Å². The molecule has 2 aliphatic rings. The molecule has 0 fully saturated rings. The van der Waals surface area contributed by atoms with Crippen molar-refractivity contribution in [3.63, 3.8) is 0 Å². The average molecular weight is 576 g/mol. The van der Waals surface area contributed by atoms with Gasteiger partial charge < -0.3 is 39.6 Å². The third kappa shape index (κ3) is 5.76.